The first-order valence-corrected chi connectivity index (χ1v) is 11.9. The van der Waals surface area contributed by atoms with Crippen molar-refractivity contribution < 1.29 is 41.3 Å². The van der Waals surface area contributed by atoms with E-state index < -0.39 is 37.0 Å². The Morgan fingerprint density at radius 2 is 1.82 bits per heavy atom. The lowest BCUT2D eigenvalue weighted by atomic mass is 9.97. The molecule has 39 heavy (non-hydrogen) atoms. The number of nitrogens with zero attached hydrogens (tertiary/aromatic N) is 4. The van der Waals surface area contributed by atoms with Crippen molar-refractivity contribution in [3.63, 3.8) is 0 Å². The van der Waals surface area contributed by atoms with Crippen LogP contribution in [0.5, 0.6) is 5.75 Å². The van der Waals surface area contributed by atoms with Crippen molar-refractivity contribution in [2.45, 2.75) is 57.3 Å². The number of rotatable bonds is 5. The number of fused-ring (bicyclic) bond motifs is 9. The summed E-state index contributed by atoms with van der Waals surface area (Å²) in [6.45, 7) is -0.0571. The van der Waals surface area contributed by atoms with E-state index in [4.69, 9.17) is 9.47 Å². The highest BCUT2D eigenvalue weighted by molar-refractivity contribution is 5.83. The Hall–Kier alpha value is -3.68. The maximum Gasteiger partial charge on any atom is 0.525 e. The van der Waals surface area contributed by atoms with E-state index in [-0.39, 0.29) is 29.1 Å². The zero-order valence-corrected chi connectivity index (χ0v) is 20.5. The Morgan fingerprint density at radius 3 is 2.49 bits per heavy atom. The molecule has 0 fully saturated rings. The lowest BCUT2D eigenvalue weighted by molar-refractivity contribution is -0.387. The molecule has 0 saturated carbocycles. The molecule has 4 aromatic rings. The quantitative estimate of drug-likeness (QED) is 0.310. The van der Waals surface area contributed by atoms with Crippen molar-refractivity contribution >= 4 is 11.0 Å². The Kier molecular flexibility index (Phi) is 5.86. The van der Waals surface area contributed by atoms with Crippen LogP contribution in [0.15, 0.2) is 48.8 Å². The van der Waals surface area contributed by atoms with Crippen molar-refractivity contribution in [1.29, 1.82) is 0 Å². The number of ether oxygens (including phenoxy) is 3. The molecule has 204 valence electrons. The van der Waals surface area contributed by atoms with E-state index in [0.717, 1.165) is 0 Å². The van der Waals surface area contributed by atoms with Crippen LogP contribution in [0.25, 0.3) is 22.2 Å². The van der Waals surface area contributed by atoms with E-state index in [1.54, 1.807) is 42.9 Å². The van der Waals surface area contributed by atoms with Gasteiger partial charge in [0.05, 0.1) is 17.1 Å². The van der Waals surface area contributed by atoms with Crippen LogP contribution in [-0.2, 0) is 15.1 Å². The predicted octanol–water partition coefficient (Wildman–Crippen LogP) is 5.92. The highest BCUT2D eigenvalue weighted by Gasteiger charge is 2.47. The fourth-order valence-corrected chi connectivity index (χ4v) is 5.17. The highest BCUT2D eigenvalue weighted by Crippen LogP contribution is 2.53. The van der Waals surface area contributed by atoms with Crippen molar-refractivity contribution in [2.75, 3.05) is 0 Å². The van der Waals surface area contributed by atoms with Crippen LogP contribution in [0.1, 0.15) is 61.5 Å². The summed E-state index contributed by atoms with van der Waals surface area (Å²) < 4.78 is 83.0. The summed E-state index contributed by atoms with van der Waals surface area (Å²) in [5, 5.41) is 10.1. The van der Waals surface area contributed by atoms with E-state index in [1.165, 1.54) is 18.2 Å². The Bertz CT molecular complexity index is 1550. The molecule has 0 spiro atoms. The summed E-state index contributed by atoms with van der Waals surface area (Å²) in [4.78, 5) is 13.1. The van der Waals surface area contributed by atoms with E-state index in [1.807, 2.05) is 6.07 Å². The number of aromatic nitrogens is 4. The molecule has 3 atom stereocenters. The number of hydrogen-bond donors (Lipinski definition) is 1. The molecule has 0 radical (unpaired) electrons. The minimum absolute atomic E-state index is 0.0581. The van der Waals surface area contributed by atoms with Crippen LogP contribution in [0.2, 0.25) is 0 Å². The number of halogens is 5. The molecule has 13 heteroatoms. The van der Waals surface area contributed by atoms with Gasteiger partial charge < -0.3 is 19.1 Å². The molecule has 2 aromatic heterocycles. The van der Waals surface area contributed by atoms with Gasteiger partial charge in [0.15, 0.2) is 12.1 Å². The topological polar surface area (TPSA) is 91.5 Å². The normalized spacial score (nSPS) is 20.7. The van der Waals surface area contributed by atoms with Crippen LogP contribution >= 0.6 is 0 Å². The SMILES string of the molecule is CC(C)(O)c1ncc(-c2ccc3nc4n(c3c2)[C@@H]2C[C@H]4O[C@H](OC(F)(F)F)c3cccc(OC(F)F)c32)cn1. The average molecular weight is 548 g/mol. The van der Waals surface area contributed by atoms with Gasteiger partial charge >= 0.3 is 13.0 Å². The lowest BCUT2D eigenvalue weighted by Crippen LogP contribution is -2.23. The van der Waals surface area contributed by atoms with Gasteiger partial charge in [-0.05, 0) is 37.6 Å². The molecule has 2 bridgehead atoms. The maximum absolute atomic E-state index is 13.3. The molecular weight excluding hydrogens is 527 g/mol. The zero-order chi connectivity index (χ0) is 27.7. The largest absolute Gasteiger partial charge is 0.525 e. The molecular formula is C26H21F5N4O4. The molecule has 2 aromatic carbocycles. The second-order valence-electron chi connectivity index (χ2n) is 9.81. The molecule has 0 unspecified atom stereocenters. The van der Waals surface area contributed by atoms with Crippen LogP contribution in [-0.4, -0.2) is 37.6 Å². The van der Waals surface area contributed by atoms with Gasteiger partial charge in [-0.25, -0.2) is 15.0 Å². The molecule has 8 nitrogen and oxygen atoms in total. The summed E-state index contributed by atoms with van der Waals surface area (Å²) >= 11 is 0. The second-order valence-corrected chi connectivity index (χ2v) is 9.81. The molecule has 2 aliphatic heterocycles. The summed E-state index contributed by atoms with van der Waals surface area (Å²) in [5.41, 5.74) is 1.33. The summed E-state index contributed by atoms with van der Waals surface area (Å²) in [5.74, 6) is 0.321. The van der Waals surface area contributed by atoms with Gasteiger partial charge in [0, 0.05) is 35.5 Å². The number of benzene rings is 2. The van der Waals surface area contributed by atoms with E-state index in [9.17, 15) is 27.1 Å². The Morgan fingerprint density at radius 1 is 1.08 bits per heavy atom. The molecule has 6 rings (SSSR count). The second kappa shape index (κ2) is 8.93. The van der Waals surface area contributed by atoms with Crippen molar-refractivity contribution in [3.8, 4) is 16.9 Å². The molecule has 1 N–H and O–H groups in total. The van der Waals surface area contributed by atoms with E-state index in [0.29, 0.717) is 28.0 Å². The third-order valence-corrected chi connectivity index (χ3v) is 6.72. The maximum atomic E-state index is 13.3. The molecule has 0 saturated heterocycles. The zero-order valence-electron chi connectivity index (χ0n) is 20.5. The van der Waals surface area contributed by atoms with Crippen LogP contribution < -0.4 is 4.74 Å². The van der Waals surface area contributed by atoms with Gasteiger partial charge in [-0.15, -0.1) is 13.2 Å². The summed E-state index contributed by atoms with van der Waals surface area (Å²) in [6, 6.07) is 8.55. The standard InChI is InChI=1S/C26H21F5N4O4/c1-25(2,36)23-32-10-13(11-33-23)12-6-7-15-16(8-12)35-17-9-19(21(35)34-15)37-22(39-26(29,30)31)14-4-3-5-18(20(14)17)38-24(27)28/h3-8,10-11,17,19,22,24,36H,9H2,1-2H3/t17-,19-,22-/m1/s1. The average Bonchev–Trinajstić information content (AvgIpc) is 3.33. The van der Waals surface area contributed by atoms with Crippen LogP contribution in [0, 0.1) is 0 Å². The first-order chi connectivity index (χ1) is 18.4. The van der Waals surface area contributed by atoms with E-state index in [2.05, 4.69) is 19.7 Å². The fourth-order valence-electron chi connectivity index (χ4n) is 5.17. The Labute approximate surface area is 218 Å². The Balaban J connectivity index is 1.49. The first kappa shape index (κ1) is 25.6. The van der Waals surface area contributed by atoms with Gasteiger partial charge in [-0.2, -0.15) is 8.78 Å². The monoisotopic (exact) mass is 548 g/mol. The van der Waals surface area contributed by atoms with Gasteiger partial charge in [-0.1, -0.05) is 18.2 Å². The fraction of sp³-hybridized carbons (Fsp3) is 0.346. The summed E-state index contributed by atoms with van der Waals surface area (Å²) in [7, 11) is 0. The molecule has 2 aliphatic rings. The highest BCUT2D eigenvalue weighted by atomic mass is 19.4. The minimum Gasteiger partial charge on any atom is -0.434 e. The van der Waals surface area contributed by atoms with Gasteiger partial charge in [0.1, 0.15) is 23.3 Å². The van der Waals surface area contributed by atoms with Gasteiger partial charge in [-0.3, -0.25) is 4.74 Å². The predicted molar refractivity (Wildman–Crippen MR) is 126 cm³/mol. The van der Waals surface area contributed by atoms with Gasteiger partial charge in [0.25, 0.3) is 0 Å². The number of imidazole rings is 1. The minimum atomic E-state index is -5.04. The van der Waals surface area contributed by atoms with Crippen LogP contribution in [0.3, 0.4) is 0 Å². The summed E-state index contributed by atoms with van der Waals surface area (Å²) in [6.07, 6.45) is -4.56. The van der Waals surface area contributed by atoms with E-state index >= 15 is 0 Å². The van der Waals surface area contributed by atoms with Crippen molar-refractivity contribution in [1.82, 2.24) is 19.5 Å². The first-order valence-electron chi connectivity index (χ1n) is 11.9. The number of aliphatic hydroxyl groups is 1. The molecule has 0 amide bonds. The van der Waals surface area contributed by atoms with Gasteiger partial charge in [0.2, 0.25) is 0 Å². The molecule has 0 aliphatic carbocycles. The number of hydrogen-bond acceptors (Lipinski definition) is 7. The van der Waals surface area contributed by atoms with Crippen molar-refractivity contribution in [3.05, 3.63) is 71.6 Å². The third kappa shape index (κ3) is 4.60. The smallest absolute Gasteiger partial charge is 0.434 e. The lowest BCUT2D eigenvalue weighted by Gasteiger charge is -2.26. The third-order valence-electron chi connectivity index (χ3n) is 6.72. The number of alkyl halides is 5. The molecule has 4 heterocycles. The van der Waals surface area contributed by atoms with Crippen molar-refractivity contribution in [2.24, 2.45) is 0 Å². The van der Waals surface area contributed by atoms with Crippen LogP contribution in [0.4, 0.5) is 22.0 Å².